The average molecular weight is 284 g/mol. The van der Waals surface area contributed by atoms with E-state index in [9.17, 15) is 9.79 Å². The van der Waals surface area contributed by atoms with Crippen LogP contribution in [0.3, 0.4) is 0 Å². The molecule has 19 heavy (non-hydrogen) atoms. The van der Waals surface area contributed by atoms with Crippen molar-refractivity contribution in [2.24, 2.45) is 0 Å². The first-order valence-electron chi connectivity index (χ1n) is 7.07. The van der Waals surface area contributed by atoms with Gasteiger partial charge >= 0.3 is 8.60 Å². The number of rotatable bonds is 9. The highest BCUT2D eigenvalue weighted by atomic mass is 31.2. The maximum Gasteiger partial charge on any atom is 0.327 e. The molecule has 1 rings (SSSR count). The largest absolute Gasteiger partial charge is 0.328 e. The van der Waals surface area contributed by atoms with E-state index >= 15 is 0 Å². The van der Waals surface area contributed by atoms with Crippen LogP contribution in [0.25, 0.3) is 0 Å². The van der Waals surface area contributed by atoms with Crippen LogP contribution in [0, 0.1) is 0 Å². The Kier molecular flexibility index (Phi) is 7.55. The first kappa shape index (κ1) is 16.6. The quantitative estimate of drug-likeness (QED) is 0.657. The lowest BCUT2D eigenvalue weighted by atomic mass is 9.84. The molecule has 0 amide bonds. The van der Waals surface area contributed by atoms with Gasteiger partial charge in [-0.3, -0.25) is 0 Å². The molecule has 4 heteroatoms. The SMILES string of the molecule is CCCCC(CCCC)(OP(O)O)c1ccccc1. The third kappa shape index (κ3) is 5.19. The van der Waals surface area contributed by atoms with Crippen LogP contribution in [0.4, 0.5) is 0 Å². The van der Waals surface area contributed by atoms with Crippen molar-refractivity contribution in [3.05, 3.63) is 35.9 Å². The molecule has 0 aromatic heterocycles. The molecule has 0 aliphatic carbocycles. The molecule has 0 saturated carbocycles. The molecule has 0 saturated heterocycles. The number of hydrogen-bond acceptors (Lipinski definition) is 3. The van der Waals surface area contributed by atoms with Gasteiger partial charge < -0.3 is 14.3 Å². The molecule has 0 radical (unpaired) electrons. The first-order valence-corrected chi connectivity index (χ1v) is 8.23. The Morgan fingerprint density at radius 2 is 1.53 bits per heavy atom. The maximum absolute atomic E-state index is 9.35. The zero-order chi connectivity index (χ0) is 14.1. The van der Waals surface area contributed by atoms with Crippen LogP contribution in [0.5, 0.6) is 0 Å². The number of benzene rings is 1. The molecule has 0 unspecified atom stereocenters. The summed E-state index contributed by atoms with van der Waals surface area (Å²) >= 11 is 0. The standard InChI is InChI=1S/C15H25O3P/c1-3-5-12-15(13-6-4-2,18-19(16)17)14-10-8-7-9-11-14/h7-11,16-17H,3-6,12-13H2,1-2H3. The minimum atomic E-state index is -2.35. The van der Waals surface area contributed by atoms with Crippen LogP contribution in [0.1, 0.15) is 57.9 Å². The smallest absolute Gasteiger partial charge is 0.327 e. The summed E-state index contributed by atoms with van der Waals surface area (Å²) in [6.45, 7) is 4.27. The lowest BCUT2D eigenvalue weighted by Gasteiger charge is -2.34. The third-order valence-corrected chi connectivity index (χ3v) is 3.94. The van der Waals surface area contributed by atoms with E-state index in [0.29, 0.717) is 0 Å². The summed E-state index contributed by atoms with van der Waals surface area (Å²) in [5.41, 5.74) is 0.496. The van der Waals surface area contributed by atoms with E-state index in [1.165, 1.54) is 0 Å². The molecule has 0 aliphatic rings. The average Bonchev–Trinajstić information content (AvgIpc) is 2.42. The minimum Gasteiger partial charge on any atom is -0.328 e. The molecule has 3 nitrogen and oxygen atoms in total. The van der Waals surface area contributed by atoms with Crippen molar-refractivity contribution >= 4 is 8.60 Å². The molecule has 1 aromatic rings. The predicted octanol–water partition coefficient (Wildman–Crippen LogP) is 4.49. The van der Waals surface area contributed by atoms with Gasteiger partial charge in [0.25, 0.3) is 0 Å². The van der Waals surface area contributed by atoms with Gasteiger partial charge in [0, 0.05) is 0 Å². The second-order valence-corrected chi connectivity index (χ2v) is 5.60. The van der Waals surface area contributed by atoms with Crippen LogP contribution in [0.2, 0.25) is 0 Å². The molecule has 108 valence electrons. The summed E-state index contributed by atoms with van der Waals surface area (Å²) in [7, 11) is -2.35. The molecule has 2 N–H and O–H groups in total. The van der Waals surface area contributed by atoms with Gasteiger partial charge in [-0.25, -0.2) is 0 Å². The Balaban J connectivity index is 3.01. The fourth-order valence-corrected chi connectivity index (χ4v) is 2.98. The van der Waals surface area contributed by atoms with E-state index in [1.54, 1.807) is 0 Å². The summed E-state index contributed by atoms with van der Waals surface area (Å²) in [6, 6.07) is 9.95. The molecular weight excluding hydrogens is 259 g/mol. The van der Waals surface area contributed by atoms with Gasteiger partial charge in [0.05, 0.1) is 0 Å². The number of hydrogen-bond donors (Lipinski definition) is 2. The lowest BCUT2D eigenvalue weighted by Crippen LogP contribution is -2.28. The highest BCUT2D eigenvalue weighted by Crippen LogP contribution is 2.45. The van der Waals surface area contributed by atoms with Gasteiger partial charge in [-0.15, -0.1) is 0 Å². The van der Waals surface area contributed by atoms with E-state index in [1.807, 2.05) is 30.3 Å². The van der Waals surface area contributed by atoms with Crippen LogP contribution < -0.4 is 0 Å². The van der Waals surface area contributed by atoms with Crippen molar-refractivity contribution in [3.63, 3.8) is 0 Å². The van der Waals surface area contributed by atoms with Crippen molar-refractivity contribution in [1.82, 2.24) is 0 Å². The fourth-order valence-electron chi connectivity index (χ4n) is 2.38. The molecule has 0 aliphatic heterocycles. The Hall–Kier alpha value is -0.470. The van der Waals surface area contributed by atoms with E-state index in [-0.39, 0.29) is 0 Å². The topological polar surface area (TPSA) is 49.7 Å². The van der Waals surface area contributed by atoms with Crippen LogP contribution >= 0.6 is 8.60 Å². The summed E-state index contributed by atoms with van der Waals surface area (Å²) < 4.78 is 5.60. The molecule has 1 aromatic carbocycles. The fraction of sp³-hybridized carbons (Fsp3) is 0.600. The summed E-state index contributed by atoms with van der Waals surface area (Å²) in [5, 5.41) is 0. The Morgan fingerprint density at radius 3 is 1.95 bits per heavy atom. The van der Waals surface area contributed by atoms with Gasteiger partial charge in [0.1, 0.15) is 5.60 Å². The second kappa shape index (κ2) is 8.65. The van der Waals surface area contributed by atoms with Crippen molar-refractivity contribution < 1.29 is 14.3 Å². The third-order valence-electron chi connectivity index (χ3n) is 3.42. The normalized spacial score (nSPS) is 12.1. The summed E-state index contributed by atoms with van der Waals surface area (Å²) in [6.07, 6.45) is 5.82. The van der Waals surface area contributed by atoms with E-state index in [2.05, 4.69) is 13.8 Å². The van der Waals surface area contributed by atoms with E-state index in [0.717, 1.165) is 44.1 Å². The second-order valence-electron chi connectivity index (χ2n) is 4.91. The monoisotopic (exact) mass is 284 g/mol. The molecule has 0 atom stereocenters. The van der Waals surface area contributed by atoms with Crippen molar-refractivity contribution in [2.75, 3.05) is 0 Å². The molecule has 0 spiro atoms. The van der Waals surface area contributed by atoms with E-state index < -0.39 is 14.2 Å². The number of unbranched alkanes of at least 4 members (excludes halogenated alkanes) is 2. The first-order chi connectivity index (χ1) is 9.14. The van der Waals surface area contributed by atoms with E-state index in [4.69, 9.17) is 4.52 Å². The maximum atomic E-state index is 9.35. The van der Waals surface area contributed by atoms with Gasteiger partial charge in [-0.2, -0.15) is 0 Å². The predicted molar refractivity (Wildman–Crippen MR) is 79.6 cm³/mol. The minimum absolute atomic E-state index is 0.553. The zero-order valence-corrected chi connectivity index (χ0v) is 12.8. The van der Waals surface area contributed by atoms with Crippen LogP contribution in [-0.4, -0.2) is 9.79 Å². The van der Waals surface area contributed by atoms with Crippen molar-refractivity contribution in [3.8, 4) is 0 Å². The summed E-state index contributed by atoms with van der Waals surface area (Å²) in [5.74, 6) is 0. The van der Waals surface area contributed by atoms with Crippen LogP contribution in [0.15, 0.2) is 30.3 Å². The molecule has 0 bridgehead atoms. The summed E-state index contributed by atoms with van der Waals surface area (Å²) in [4.78, 5) is 18.7. The van der Waals surface area contributed by atoms with Gasteiger partial charge in [-0.1, -0.05) is 69.9 Å². The Morgan fingerprint density at radius 1 is 1.00 bits per heavy atom. The van der Waals surface area contributed by atoms with Crippen molar-refractivity contribution in [1.29, 1.82) is 0 Å². The highest BCUT2D eigenvalue weighted by Gasteiger charge is 2.34. The molecule has 0 fully saturated rings. The van der Waals surface area contributed by atoms with Gasteiger partial charge in [0.2, 0.25) is 0 Å². The zero-order valence-electron chi connectivity index (χ0n) is 11.9. The molecule has 0 heterocycles. The molecular formula is C15H25O3P. The van der Waals surface area contributed by atoms with Gasteiger partial charge in [-0.05, 0) is 18.4 Å². The van der Waals surface area contributed by atoms with Gasteiger partial charge in [0.15, 0.2) is 0 Å². The Labute approximate surface area is 117 Å². The van der Waals surface area contributed by atoms with Crippen LogP contribution in [-0.2, 0) is 10.1 Å². The Bertz CT molecular complexity index is 333. The van der Waals surface area contributed by atoms with Crippen molar-refractivity contribution in [2.45, 2.75) is 58.0 Å². The lowest BCUT2D eigenvalue weighted by molar-refractivity contribution is 0.0294. The highest BCUT2D eigenvalue weighted by molar-refractivity contribution is 7.39.